The van der Waals surface area contributed by atoms with Crippen molar-refractivity contribution in [2.45, 2.75) is 0 Å². The molecular weight excluding hydrogens is 301 g/mol. The average Bonchev–Trinajstić information content (AvgIpc) is 2.22. The Balaban J connectivity index is 2.26. The van der Waals surface area contributed by atoms with Gasteiger partial charge in [0.15, 0.2) is 0 Å². The Labute approximate surface area is 102 Å². The molecule has 1 heterocycles. The third kappa shape index (κ3) is 2.59. The standard InChI is InChI=1S/C11H10IN3/c12-8-2-1-3-9(6-8)15-11-4-5-14-7-10(11)13/h1-7H,13H2,(H,14,15). The van der Waals surface area contributed by atoms with Crippen molar-refractivity contribution in [1.82, 2.24) is 4.98 Å². The molecule has 0 amide bonds. The Kier molecular flexibility index (Phi) is 3.05. The Morgan fingerprint density at radius 2 is 2.13 bits per heavy atom. The number of rotatable bonds is 2. The summed E-state index contributed by atoms with van der Waals surface area (Å²) < 4.78 is 1.19. The molecule has 15 heavy (non-hydrogen) atoms. The highest BCUT2D eigenvalue weighted by Gasteiger charge is 1.98. The molecule has 76 valence electrons. The number of hydrogen-bond donors (Lipinski definition) is 2. The first-order chi connectivity index (χ1) is 7.25. The lowest BCUT2D eigenvalue weighted by Gasteiger charge is -2.08. The summed E-state index contributed by atoms with van der Waals surface area (Å²) in [6.07, 6.45) is 3.35. The zero-order valence-electron chi connectivity index (χ0n) is 7.94. The van der Waals surface area contributed by atoms with E-state index in [0.717, 1.165) is 11.4 Å². The second kappa shape index (κ2) is 4.48. The molecule has 0 radical (unpaired) electrons. The van der Waals surface area contributed by atoms with Crippen molar-refractivity contribution in [1.29, 1.82) is 0 Å². The van der Waals surface area contributed by atoms with E-state index < -0.39 is 0 Å². The molecule has 0 atom stereocenters. The minimum Gasteiger partial charge on any atom is -0.396 e. The SMILES string of the molecule is Nc1cnccc1Nc1cccc(I)c1. The highest BCUT2D eigenvalue weighted by molar-refractivity contribution is 14.1. The Morgan fingerprint density at radius 3 is 2.87 bits per heavy atom. The molecule has 0 saturated heterocycles. The van der Waals surface area contributed by atoms with Crippen LogP contribution in [0, 0.1) is 3.57 Å². The van der Waals surface area contributed by atoms with Crippen LogP contribution in [0.15, 0.2) is 42.7 Å². The predicted molar refractivity (Wildman–Crippen MR) is 71.1 cm³/mol. The summed E-state index contributed by atoms with van der Waals surface area (Å²) in [5.41, 5.74) is 8.34. The van der Waals surface area contributed by atoms with Gasteiger partial charge in [0.25, 0.3) is 0 Å². The van der Waals surface area contributed by atoms with Crippen molar-refractivity contribution in [3.63, 3.8) is 0 Å². The number of nitrogens with one attached hydrogen (secondary N) is 1. The van der Waals surface area contributed by atoms with E-state index in [-0.39, 0.29) is 0 Å². The zero-order chi connectivity index (χ0) is 10.7. The highest BCUT2D eigenvalue weighted by Crippen LogP contribution is 2.22. The average molecular weight is 311 g/mol. The fraction of sp³-hybridized carbons (Fsp3) is 0. The minimum absolute atomic E-state index is 0.649. The van der Waals surface area contributed by atoms with Crippen molar-refractivity contribution in [3.05, 3.63) is 46.3 Å². The summed E-state index contributed by atoms with van der Waals surface area (Å²) in [5.74, 6) is 0. The van der Waals surface area contributed by atoms with E-state index in [4.69, 9.17) is 5.73 Å². The molecule has 0 aliphatic heterocycles. The summed E-state index contributed by atoms with van der Waals surface area (Å²) in [6.45, 7) is 0. The lowest BCUT2D eigenvalue weighted by Crippen LogP contribution is -1.96. The van der Waals surface area contributed by atoms with E-state index in [0.29, 0.717) is 5.69 Å². The van der Waals surface area contributed by atoms with Crippen LogP contribution in [0.1, 0.15) is 0 Å². The van der Waals surface area contributed by atoms with Gasteiger partial charge in [0.2, 0.25) is 0 Å². The molecule has 3 N–H and O–H groups in total. The van der Waals surface area contributed by atoms with E-state index >= 15 is 0 Å². The molecule has 0 aliphatic carbocycles. The maximum Gasteiger partial charge on any atom is 0.0739 e. The fourth-order valence-corrected chi connectivity index (χ4v) is 1.79. The number of nitrogen functional groups attached to an aromatic ring is 1. The summed E-state index contributed by atoms with van der Waals surface area (Å²) in [7, 11) is 0. The normalized spacial score (nSPS) is 9.93. The van der Waals surface area contributed by atoms with E-state index in [1.807, 2.05) is 24.3 Å². The lowest BCUT2D eigenvalue weighted by molar-refractivity contribution is 1.33. The molecule has 0 bridgehead atoms. The number of anilines is 3. The smallest absolute Gasteiger partial charge is 0.0739 e. The van der Waals surface area contributed by atoms with Gasteiger partial charge in [-0.2, -0.15) is 0 Å². The Morgan fingerprint density at radius 1 is 1.27 bits per heavy atom. The number of aromatic nitrogens is 1. The van der Waals surface area contributed by atoms with E-state index in [1.54, 1.807) is 12.4 Å². The van der Waals surface area contributed by atoms with Gasteiger partial charge in [0.05, 0.1) is 17.6 Å². The number of hydrogen-bond acceptors (Lipinski definition) is 3. The molecule has 0 fully saturated rings. The lowest BCUT2D eigenvalue weighted by atomic mass is 10.3. The van der Waals surface area contributed by atoms with Crippen molar-refractivity contribution in [2.24, 2.45) is 0 Å². The van der Waals surface area contributed by atoms with Crippen LogP contribution >= 0.6 is 22.6 Å². The van der Waals surface area contributed by atoms with Gasteiger partial charge >= 0.3 is 0 Å². The number of benzene rings is 1. The summed E-state index contributed by atoms with van der Waals surface area (Å²) in [5, 5.41) is 3.24. The fourth-order valence-electron chi connectivity index (χ4n) is 1.24. The van der Waals surface area contributed by atoms with E-state index in [9.17, 15) is 0 Å². The first kappa shape index (κ1) is 10.2. The minimum atomic E-state index is 0.649. The summed E-state index contributed by atoms with van der Waals surface area (Å²) in [6, 6.07) is 9.96. The summed E-state index contributed by atoms with van der Waals surface area (Å²) >= 11 is 2.27. The van der Waals surface area contributed by atoms with Crippen LogP contribution in [-0.2, 0) is 0 Å². The predicted octanol–water partition coefficient (Wildman–Crippen LogP) is 3.01. The molecule has 1 aromatic carbocycles. The van der Waals surface area contributed by atoms with Crippen molar-refractivity contribution in [2.75, 3.05) is 11.1 Å². The molecule has 3 nitrogen and oxygen atoms in total. The van der Waals surface area contributed by atoms with Crippen molar-refractivity contribution < 1.29 is 0 Å². The van der Waals surface area contributed by atoms with Gasteiger partial charge in [-0.3, -0.25) is 4.98 Å². The molecule has 4 heteroatoms. The van der Waals surface area contributed by atoms with Crippen molar-refractivity contribution in [3.8, 4) is 0 Å². The van der Waals surface area contributed by atoms with Gasteiger partial charge in [-0.15, -0.1) is 0 Å². The molecule has 0 aliphatic rings. The molecule has 2 aromatic rings. The molecule has 2 rings (SSSR count). The number of halogens is 1. The molecular formula is C11H10IN3. The monoisotopic (exact) mass is 311 g/mol. The van der Waals surface area contributed by atoms with Gasteiger partial charge in [0, 0.05) is 15.5 Å². The molecule has 1 aromatic heterocycles. The highest BCUT2D eigenvalue weighted by atomic mass is 127. The number of pyridine rings is 1. The van der Waals surface area contributed by atoms with Crippen molar-refractivity contribution >= 4 is 39.7 Å². The van der Waals surface area contributed by atoms with Gasteiger partial charge in [-0.05, 0) is 46.9 Å². The number of nitrogens with zero attached hydrogens (tertiary/aromatic N) is 1. The van der Waals surface area contributed by atoms with Crippen LogP contribution in [0.4, 0.5) is 17.1 Å². The van der Waals surface area contributed by atoms with Gasteiger partial charge in [-0.25, -0.2) is 0 Å². The second-order valence-corrected chi connectivity index (χ2v) is 4.34. The molecule has 0 unspecified atom stereocenters. The van der Waals surface area contributed by atoms with E-state index in [2.05, 4.69) is 39.0 Å². The van der Waals surface area contributed by atoms with Crippen LogP contribution in [-0.4, -0.2) is 4.98 Å². The zero-order valence-corrected chi connectivity index (χ0v) is 10.1. The maximum atomic E-state index is 5.78. The molecule has 0 saturated carbocycles. The van der Waals surface area contributed by atoms with Crippen LogP contribution < -0.4 is 11.1 Å². The first-order valence-electron chi connectivity index (χ1n) is 4.48. The third-order valence-corrected chi connectivity index (χ3v) is 2.63. The molecule has 0 spiro atoms. The van der Waals surface area contributed by atoms with Gasteiger partial charge in [0.1, 0.15) is 0 Å². The Bertz CT molecular complexity index is 471. The second-order valence-electron chi connectivity index (χ2n) is 3.10. The quantitative estimate of drug-likeness (QED) is 0.838. The van der Waals surface area contributed by atoms with E-state index in [1.165, 1.54) is 3.57 Å². The third-order valence-electron chi connectivity index (χ3n) is 1.96. The largest absolute Gasteiger partial charge is 0.396 e. The topological polar surface area (TPSA) is 50.9 Å². The van der Waals surface area contributed by atoms with Crippen LogP contribution in [0.3, 0.4) is 0 Å². The maximum absolute atomic E-state index is 5.78. The summed E-state index contributed by atoms with van der Waals surface area (Å²) in [4.78, 5) is 3.94. The van der Waals surface area contributed by atoms with Crippen LogP contribution in [0.5, 0.6) is 0 Å². The Hall–Kier alpha value is -1.30. The van der Waals surface area contributed by atoms with Gasteiger partial charge < -0.3 is 11.1 Å². The van der Waals surface area contributed by atoms with Crippen LogP contribution in [0.25, 0.3) is 0 Å². The number of nitrogens with two attached hydrogens (primary N) is 1. The van der Waals surface area contributed by atoms with Crippen LogP contribution in [0.2, 0.25) is 0 Å². The van der Waals surface area contributed by atoms with Gasteiger partial charge in [-0.1, -0.05) is 6.07 Å². The first-order valence-corrected chi connectivity index (χ1v) is 5.55.